The summed E-state index contributed by atoms with van der Waals surface area (Å²) in [4.78, 5) is 0. The van der Waals surface area contributed by atoms with E-state index in [-0.39, 0.29) is 6.10 Å². The Labute approximate surface area is 128 Å². The first-order chi connectivity index (χ1) is 9.40. The molecule has 0 heterocycles. The van der Waals surface area contributed by atoms with Gasteiger partial charge in [-0.15, -0.1) is 0 Å². The SMILES string of the molecule is ICC(OC/C=C\c1ccccc1)c1ccccc1. The molecule has 1 unspecified atom stereocenters. The van der Waals surface area contributed by atoms with E-state index in [1.165, 1.54) is 11.1 Å². The van der Waals surface area contributed by atoms with Gasteiger partial charge in [0.1, 0.15) is 0 Å². The first-order valence-electron chi connectivity index (χ1n) is 6.34. The first kappa shape index (κ1) is 14.3. The highest BCUT2D eigenvalue weighted by Crippen LogP contribution is 2.19. The molecule has 0 amide bonds. The van der Waals surface area contributed by atoms with E-state index >= 15 is 0 Å². The van der Waals surface area contributed by atoms with Crippen LogP contribution in [0, 0.1) is 0 Å². The van der Waals surface area contributed by atoms with Crippen molar-refractivity contribution in [2.45, 2.75) is 6.10 Å². The molecule has 0 bridgehead atoms. The number of alkyl halides is 1. The van der Waals surface area contributed by atoms with Crippen molar-refractivity contribution in [3.05, 3.63) is 77.9 Å². The first-order valence-corrected chi connectivity index (χ1v) is 7.87. The fourth-order valence-corrected chi connectivity index (χ4v) is 2.58. The summed E-state index contributed by atoms with van der Waals surface area (Å²) >= 11 is 2.37. The average molecular weight is 364 g/mol. The van der Waals surface area contributed by atoms with Gasteiger partial charge in [-0.1, -0.05) is 95.4 Å². The van der Waals surface area contributed by atoms with Crippen LogP contribution in [0.25, 0.3) is 6.08 Å². The van der Waals surface area contributed by atoms with Crippen molar-refractivity contribution in [3.63, 3.8) is 0 Å². The number of halogens is 1. The predicted molar refractivity (Wildman–Crippen MR) is 89.5 cm³/mol. The molecule has 0 N–H and O–H groups in total. The lowest BCUT2D eigenvalue weighted by molar-refractivity contribution is 0.0947. The summed E-state index contributed by atoms with van der Waals surface area (Å²) in [5.41, 5.74) is 2.45. The Morgan fingerprint density at radius 2 is 1.58 bits per heavy atom. The normalized spacial score (nSPS) is 12.7. The highest BCUT2D eigenvalue weighted by atomic mass is 127. The van der Waals surface area contributed by atoms with Gasteiger partial charge in [-0.3, -0.25) is 0 Å². The number of hydrogen-bond donors (Lipinski definition) is 0. The second kappa shape index (κ2) is 8.12. The molecule has 0 saturated heterocycles. The molecule has 0 aliphatic rings. The zero-order chi connectivity index (χ0) is 13.3. The fourth-order valence-electron chi connectivity index (χ4n) is 1.82. The van der Waals surface area contributed by atoms with Crippen LogP contribution in [0.2, 0.25) is 0 Å². The van der Waals surface area contributed by atoms with Gasteiger partial charge in [0.05, 0.1) is 12.7 Å². The summed E-state index contributed by atoms with van der Waals surface area (Å²) in [7, 11) is 0. The highest BCUT2D eigenvalue weighted by Gasteiger charge is 2.08. The van der Waals surface area contributed by atoms with Crippen LogP contribution in [0.15, 0.2) is 66.7 Å². The lowest BCUT2D eigenvalue weighted by atomic mass is 10.1. The van der Waals surface area contributed by atoms with Gasteiger partial charge in [-0.05, 0) is 11.1 Å². The topological polar surface area (TPSA) is 9.23 Å². The molecular weight excluding hydrogens is 347 g/mol. The second-order valence-corrected chi connectivity index (χ2v) is 5.08. The quantitative estimate of drug-likeness (QED) is 0.524. The van der Waals surface area contributed by atoms with Gasteiger partial charge >= 0.3 is 0 Å². The van der Waals surface area contributed by atoms with Crippen LogP contribution in [-0.2, 0) is 4.74 Å². The monoisotopic (exact) mass is 364 g/mol. The van der Waals surface area contributed by atoms with E-state index in [9.17, 15) is 0 Å². The van der Waals surface area contributed by atoms with E-state index in [0.717, 1.165) is 4.43 Å². The second-order valence-electron chi connectivity index (χ2n) is 4.20. The molecular formula is C17H17IO. The van der Waals surface area contributed by atoms with Crippen LogP contribution < -0.4 is 0 Å². The maximum absolute atomic E-state index is 5.90. The van der Waals surface area contributed by atoms with Crippen LogP contribution in [-0.4, -0.2) is 11.0 Å². The Balaban J connectivity index is 1.86. The summed E-state index contributed by atoms with van der Waals surface area (Å²) in [6.07, 6.45) is 4.33. The minimum absolute atomic E-state index is 0.169. The molecule has 2 rings (SSSR count). The molecule has 1 atom stereocenters. The van der Waals surface area contributed by atoms with Gasteiger partial charge in [0.2, 0.25) is 0 Å². The molecule has 98 valence electrons. The number of rotatable bonds is 6. The molecule has 2 aromatic rings. The molecule has 0 spiro atoms. The molecule has 0 aliphatic heterocycles. The minimum atomic E-state index is 0.169. The molecule has 2 aromatic carbocycles. The largest absolute Gasteiger partial charge is 0.369 e. The molecule has 2 heteroatoms. The van der Waals surface area contributed by atoms with Crippen molar-refractivity contribution < 1.29 is 4.74 Å². The third-order valence-electron chi connectivity index (χ3n) is 2.82. The van der Waals surface area contributed by atoms with Gasteiger partial charge < -0.3 is 4.74 Å². The van der Waals surface area contributed by atoms with E-state index in [4.69, 9.17) is 4.74 Å². The molecule has 0 aliphatic carbocycles. The predicted octanol–water partition coefficient (Wildman–Crippen LogP) is 4.89. The number of benzene rings is 2. The van der Waals surface area contributed by atoms with Gasteiger partial charge in [0.15, 0.2) is 0 Å². The third-order valence-corrected chi connectivity index (χ3v) is 3.61. The maximum Gasteiger partial charge on any atom is 0.0918 e. The third kappa shape index (κ3) is 4.80. The van der Waals surface area contributed by atoms with Crippen molar-refractivity contribution in [2.75, 3.05) is 11.0 Å². The average Bonchev–Trinajstić information content (AvgIpc) is 2.49. The van der Waals surface area contributed by atoms with E-state index in [0.29, 0.717) is 6.61 Å². The van der Waals surface area contributed by atoms with Gasteiger partial charge in [-0.2, -0.15) is 0 Å². The van der Waals surface area contributed by atoms with Crippen LogP contribution >= 0.6 is 22.6 Å². The summed E-state index contributed by atoms with van der Waals surface area (Å²) in [6.45, 7) is 0.636. The van der Waals surface area contributed by atoms with Crippen LogP contribution in [0.1, 0.15) is 17.2 Å². The Morgan fingerprint density at radius 3 is 2.21 bits per heavy atom. The summed E-state index contributed by atoms with van der Waals surface area (Å²) in [5, 5.41) is 0. The van der Waals surface area contributed by atoms with E-state index < -0.39 is 0 Å². The van der Waals surface area contributed by atoms with Crippen LogP contribution in [0.3, 0.4) is 0 Å². The molecule has 1 nitrogen and oxygen atoms in total. The van der Waals surface area contributed by atoms with E-state index in [2.05, 4.69) is 71.1 Å². The number of hydrogen-bond acceptors (Lipinski definition) is 1. The van der Waals surface area contributed by atoms with Gasteiger partial charge in [0, 0.05) is 4.43 Å². The van der Waals surface area contributed by atoms with Crippen LogP contribution in [0.5, 0.6) is 0 Å². The maximum atomic E-state index is 5.90. The lowest BCUT2D eigenvalue weighted by Gasteiger charge is -2.14. The molecule has 0 radical (unpaired) electrons. The van der Waals surface area contributed by atoms with Gasteiger partial charge in [-0.25, -0.2) is 0 Å². The zero-order valence-corrected chi connectivity index (χ0v) is 12.9. The Morgan fingerprint density at radius 1 is 0.947 bits per heavy atom. The van der Waals surface area contributed by atoms with Crippen molar-refractivity contribution in [3.8, 4) is 0 Å². The Hall–Kier alpha value is -1.13. The molecule has 0 fully saturated rings. The van der Waals surface area contributed by atoms with Crippen LogP contribution in [0.4, 0.5) is 0 Å². The standard InChI is InChI=1S/C17H17IO/c18-14-17(16-11-5-2-6-12-16)19-13-7-10-15-8-3-1-4-9-15/h1-12,17H,13-14H2/b10-7-. The Kier molecular flexibility index (Phi) is 6.11. The van der Waals surface area contributed by atoms with Crippen molar-refractivity contribution in [1.29, 1.82) is 0 Å². The molecule has 0 saturated carbocycles. The van der Waals surface area contributed by atoms with Crippen molar-refractivity contribution >= 4 is 28.7 Å². The fraction of sp³-hybridized carbons (Fsp3) is 0.176. The van der Waals surface area contributed by atoms with E-state index in [1.807, 2.05) is 24.3 Å². The summed E-state index contributed by atoms with van der Waals surface area (Å²) in [5.74, 6) is 0. The van der Waals surface area contributed by atoms with Crippen molar-refractivity contribution in [1.82, 2.24) is 0 Å². The highest BCUT2D eigenvalue weighted by molar-refractivity contribution is 14.1. The Bertz CT molecular complexity index is 493. The summed E-state index contributed by atoms with van der Waals surface area (Å²) in [6, 6.07) is 20.6. The number of ether oxygens (including phenoxy) is 1. The lowest BCUT2D eigenvalue weighted by Crippen LogP contribution is -2.05. The minimum Gasteiger partial charge on any atom is -0.369 e. The molecule has 19 heavy (non-hydrogen) atoms. The molecule has 0 aromatic heterocycles. The van der Waals surface area contributed by atoms with E-state index in [1.54, 1.807) is 0 Å². The summed E-state index contributed by atoms with van der Waals surface area (Å²) < 4.78 is 6.86. The van der Waals surface area contributed by atoms with Crippen molar-refractivity contribution in [2.24, 2.45) is 0 Å². The van der Waals surface area contributed by atoms with Gasteiger partial charge in [0.25, 0.3) is 0 Å². The smallest absolute Gasteiger partial charge is 0.0918 e. The zero-order valence-electron chi connectivity index (χ0n) is 10.7.